The quantitative estimate of drug-likeness (QED) is 0.836. The highest BCUT2D eigenvalue weighted by Crippen LogP contribution is 2.38. The van der Waals surface area contributed by atoms with E-state index in [4.69, 9.17) is 0 Å². The van der Waals surface area contributed by atoms with Crippen molar-refractivity contribution in [3.8, 4) is 0 Å². The van der Waals surface area contributed by atoms with Crippen molar-refractivity contribution in [2.24, 2.45) is 11.8 Å². The Morgan fingerprint density at radius 2 is 2.00 bits per heavy atom. The number of nitrogens with one attached hydrogen (secondary N) is 1. The fraction of sp³-hybridized carbons (Fsp3) is 0.500. The predicted molar refractivity (Wildman–Crippen MR) is 77.8 cm³/mol. The number of carbonyl (C=O) groups is 2. The Kier molecular flexibility index (Phi) is 3.04. The molecule has 0 radical (unpaired) electrons. The van der Waals surface area contributed by atoms with Gasteiger partial charge in [0.2, 0.25) is 5.91 Å². The van der Waals surface area contributed by atoms with Gasteiger partial charge in [0.25, 0.3) is 0 Å². The minimum atomic E-state index is -0.561. The molecule has 2 aliphatic rings. The molecule has 0 aliphatic carbocycles. The number of Topliss-reactive ketones (excluding diaryl/α,β-unsaturated/α-hetero) is 1. The SMILES string of the molecule is CCC(C)C1NC(=O)C2C(=O)c3ccccc3N(C)C21. The number of anilines is 1. The molecule has 2 aliphatic heterocycles. The maximum absolute atomic E-state index is 12.6. The number of likely N-dealkylation sites (N-methyl/N-ethyl adjacent to an activating group) is 1. The summed E-state index contributed by atoms with van der Waals surface area (Å²) in [5, 5.41) is 3.04. The summed E-state index contributed by atoms with van der Waals surface area (Å²) in [7, 11) is 1.98. The second-order valence-corrected chi connectivity index (χ2v) is 5.88. The topological polar surface area (TPSA) is 49.4 Å². The molecular weight excluding hydrogens is 252 g/mol. The molecule has 1 aromatic carbocycles. The number of para-hydroxylation sites is 1. The van der Waals surface area contributed by atoms with Crippen molar-refractivity contribution in [3.63, 3.8) is 0 Å². The van der Waals surface area contributed by atoms with Gasteiger partial charge in [-0.25, -0.2) is 0 Å². The first-order chi connectivity index (χ1) is 9.56. The molecule has 106 valence electrons. The maximum Gasteiger partial charge on any atom is 0.233 e. The van der Waals surface area contributed by atoms with Gasteiger partial charge in [-0.2, -0.15) is 0 Å². The first-order valence-corrected chi connectivity index (χ1v) is 7.22. The maximum atomic E-state index is 12.6. The fourth-order valence-corrected chi connectivity index (χ4v) is 3.49. The molecule has 4 unspecified atom stereocenters. The van der Waals surface area contributed by atoms with Gasteiger partial charge in [0, 0.05) is 18.3 Å². The van der Waals surface area contributed by atoms with Crippen LogP contribution < -0.4 is 10.2 Å². The van der Waals surface area contributed by atoms with Crippen LogP contribution in [0.4, 0.5) is 5.69 Å². The molecule has 0 bridgehead atoms. The summed E-state index contributed by atoms with van der Waals surface area (Å²) in [5.74, 6) is -0.359. The van der Waals surface area contributed by atoms with E-state index in [0.29, 0.717) is 11.5 Å². The van der Waals surface area contributed by atoms with Crippen LogP contribution in [0.3, 0.4) is 0 Å². The number of fused-ring (bicyclic) bond motifs is 2. The lowest BCUT2D eigenvalue weighted by atomic mass is 9.81. The Balaban J connectivity index is 2.08. The van der Waals surface area contributed by atoms with Crippen LogP contribution in [0, 0.1) is 11.8 Å². The lowest BCUT2D eigenvalue weighted by Crippen LogP contribution is -2.52. The monoisotopic (exact) mass is 272 g/mol. The highest BCUT2D eigenvalue weighted by atomic mass is 16.2. The van der Waals surface area contributed by atoms with Crippen molar-refractivity contribution in [1.82, 2.24) is 5.32 Å². The number of amides is 1. The van der Waals surface area contributed by atoms with Gasteiger partial charge >= 0.3 is 0 Å². The lowest BCUT2D eigenvalue weighted by Gasteiger charge is -2.39. The van der Waals surface area contributed by atoms with Gasteiger partial charge in [-0.3, -0.25) is 9.59 Å². The highest BCUT2D eigenvalue weighted by molar-refractivity contribution is 6.16. The molecule has 1 amide bonds. The smallest absolute Gasteiger partial charge is 0.233 e. The molecular formula is C16H20N2O2. The molecule has 2 heterocycles. The Hall–Kier alpha value is -1.84. The van der Waals surface area contributed by atoms with Gasteiger partial charge in [-0.05, 0) is 18.1 Å². The van der Waals surface area contributed by atoms with Crippen LogP contribution in [-0.2, 0) is 4.79 Å². The van der Waals surface area contributed by atoms with Crippen LogP contribution in [0.2, 0.25) is 0 Å². The Bertz CT molecular complexity index is 569. The molecule has 1 fully saturated rings. The highest BCUT2D eigenvalue weighted by Gasteiger charge is 2.52. The van der Waals surface area contributed by atoms with Crippen LogP contribution in [0.15, 0.2) is 24.3 Å². The van der Waals surface area contributed by atoms with Crippen LogP contribution in [-0.4, -0.2) is 30.8 Å². The standard InChI is InChI=1S/C16H20N2O2/c1-4-9(2)13-14-12(16(20)17-13)15(19)10-7-5-6-8-11(10)18(14)3/h5-9,12-14H,4H2,1-3H3,(H,17,20). The van der Waals surface area contributed by atoms with Gasteiger partial charge in [0.15, 0.2) is 5.78 Å². The summed E-state index contributed by atoms with van der Waals surface area (Å²) in [6.45, 7) is 4.24. The van der Waals surface area contributed by atoms with Crippen molar-refractivity contribution in [1.29, 1.82) is 0 Å². The third kappa shape index (κ3) is 1.67. The average molecular weight is 272 g/mol. The summed E-state index contributed by atoms with van der Waals surface area (Å²) in [4.78, 5) is 27.0. The van der Waals surface area contributed by atoms with Gasteiger partial charge < -0.3 is 10.2 Å². The fourth-order valence-electron chi connectivity index (χ4n) is 3.49. The van der Waals surface area contributed by atoms with E-state index < -0.39 is 5.92 Å². The molecule has 4 atom stereocenters. The van der Waals surface area contributed by atoms with Crippen molar-refractivity contribution in [2.45, 2.75) is 32.4 Å². The van der Waals surface area contributed by atoms with Crippen molar-refractivity contribution in [3.05, 3.63) is 29.8 Å². The zero-order chi connectivity index (χ0) is 14.4. The molecule has 1 N–H and O–H groups in total. The van der Waals surface area contributed by atoms with Gasteiger partial charge in [0.1, 0.15) is 5.92 Å². The van der Waals surface area contributed by atoms with Crippen molar-refractivity contribution in [2.75, 3.05) is 11.9 Å². The van der Waals surface area contributed by atoms with Crippen LogP contribution in [0.5, 0.6) is 0 Å². The lowest BCUT2D eigenvalue weighted by molar-refractivity contribution is -0.121. The van der Waals surface area contributed by atoms with Gasteiger partial charge in [-0.15, -0.1) is 0 Å². The third-order valence-corrected chi connectivity index (χ3v) is 4.84. The second kappa shape index (κ2) is 4.62. The predicted octanol–water partition coefficient (Wildman–Crippen LogP) is 1.85. The Labute approximate surface area is 119 Å². The van der Waals surface area contributed by atoms with Crippen molar-refractivity contribution < 1.29 is 9.59 Å². The number of nitrogens with zero attached hydrogens (tertiary/aromatic N) is 1. The average Bonchev–Trinajstić information content (AvgIpc) is 2.82. The second-order valence-electron chi connectivity index (χ2n) is 5.88. The number of hydrogen-bond acceptors (Lipinski definition) is 3. The molecule has 3 rings (SSSR count). The first kappa shape index (κ1) is 13.2. The molecule has 1 saturated heterocycles. The molecule has 1 aromatic rings. The summed E-state index contributed by atoms with van der Waals surface area (Å²) in [6, 6.07) is 7.53. The summed E-state index contributed by atoms with van der Waals surface area (Å²) < 4.78 is 0. The molecule has 0 saturated carbocycles. The van der Waals surface area contributed by atoms with Crippen LogP contribution in [0.25, 0.3) is 0 Å². The molecule has 0 spiro atoms. The number of carbonyl (C=O) groups excluding carboxylic acids is 2. The van der Waals surface area contributed by atoms with E-state index in [1.54, 1.807) is 0 Å². The van der Waals surface area contributed by atoms with Crippen molar-refractivity contribution >= 4 is 17.4 Å². The minimum absolute atomic E-state index is 0.0352. The molecule has 20 heavy (non-hydrogen) atoms. The van der Waals surface area contributed by atoms with E-state index in [9.17, 15) is 9.59 Å². The van der Waals surface area contributed by atoms with E-state index in [-0.39, 0.29) is 23.8 Å². The number of ketones is 1. The number of hydrogen-bond donors (Lipinski definition) is 1. The first-order valence-electron chi connectivity index (χ1n) is 7.22. The summed E-state index contributed by atoms with van der Waals surface area (Å²) in [5.41, 5.74) is 1.60. The van der Waals surface area contributed by atoms with Gasteiger partial charge in [0.05, 0.1) is 12.1 Å². The Morgan fingerprint density at radius 1 is 1.30 bits per heavy atom. The zero-order valence-electron chi connectivity index (χ0n) is 12.1. The van der Waals surface area contributed by atoms with Crippen LogP contribution >= 0.6 is 0 Å². The molecule has 4 nitrogen and oxygen atoms in total. The van der Waals surface area contributed by atoms with Gasteiger partial charge in [-0.1, -0.05) is 32.4 Å². The van der Waals surface area contributed by atoms with E-state index in [1.807, 2.05) is 31.3 Å². The van der Waals surface area contributed by atoms with Crippen LogP contribution in [0.1, 0.15) is 30.6 Å². The summed E-state index contributed by atoms with van der Waals surface area (Å²) >= 11 is 0. The van der Waals surface area contributed by atoms with E-state index in [2.05, 4.69) is 24.1 Å². The largest absolute Gasteiger partial charge is 0.368 e. The summed E-state index contributed by atoms with van der Waals surface area (Å²) in [6.07, 6.45) is 0.984. The number of rotatable bonds is 2. The molecule has 4 heteroatoms. The normalized spacial score (nSPS) is 29.8. The zero-order valence-corrected chi connectivity index (χ0v) is 12.1. The van der Waals surface area contributed by atoms with E-state index >= 15 is 0 Å². The van der Waals surface area contributed by atoms with E-state index in [1.165, 1.54) is 0 Å². The minimum Gasteiger partial charge on any atom is -0.368 e. The van der Waals surface area contributed by atoms with E-state index in [0.717, 1.165) is 12.1 Å². The Morgan fingerprint density at radius 3 is 2.70 bits per heavy atom. The molecule has 0 aromatic heterocycles. The number of benzene rings is 1. The third-order valence-electron chi connectivity index (χ3n) is 4.84.